The van der Waals surface area contributed by atoms with Gasteiger partial charge in [-0.15, -0.1) is 0 Å². The zero-order valence-electron chi connectivity index (χ0n) is 11.6. The van der Waals surface area contributed by atoms with Crippen LogP contribution in [0, 0.1) is 6.92 Å². The molecule has 2 N–H and O–H groups in total. The molecule has 0 aliphatic heterocycles. The van der Waals surface area contributed by atoms with Crippen molar-refractivity contribution >= 4 is 0 Å². The second-order valence-corrected chi connectivity index (χ2v) is 4.03. The van der Waals surface area contributed by atoms with Crippen LogP contribution in [0.3, 0.4) is 0 Å². The molecule has 0 aliphatic carbocycles. The van der Waals surface area contributed by atoms with E-state index in [9.17, 15) is 0 Å². The monoisotopic (exact) mass is 253 g/mol. The summed E-state index contributed by atoms with van der Waals surface area (Å²) >= 11 is 0. The molecular formula is C14H23NO3. The molecule has 0 amide bonds. The summed E-state index contributed by atoms with van der Waals surface area (Å²) in [5.41, 5.74) is 8.30. The van der Waals surface area contributed by atoms with Crippen molar-refractivity contribution in [2.75, 3.05) is 20.3 Å². The molecule has 0 fully saturated rings. The molecule has 1 unspecified atom stereocenters. The van der Waals surface area contributed by atoms with Crippen molar-refractivity contribution in [2.24, 2.45) is 5.73 Å². The number of hydrogen-bond acceptors (Lipinski definition) is 4. The zero-order valence-corrected chi connectivity index (χ0v) is 11.6. The van der Waals surface area contributed by atoms with Gasteiger partial charge < -0.3 is 19.9 Å². The van der Waals surface area contributed by atoms with Crippen LogP contribution in [0.2, 0.25) is 0 Å². The molecule has 4 heteroatoms. The Morgan fingerprint density at radius 1 is 1.17 bits per heavy atom. The van der Waals surface area contributed by atoms with Crippen LogP contribution in [0.1, 0.15) is 31.0 Å². The predicted molar refractivity (Wildman–Crippen MR) is 71.7 cm³/mol. The quantitative estimate of drug-likeness (QED) is 0.758. The molecule has 1 atom stereocenters. The lowest BCUT2D eigenvalue weighted by Gasteiger charge is -2.25. The van der Waals surface area contributed by atoms with Crippen LogP contribution in [0.4, 0.5) is 0 Å². The van der Waals surface area contributed by atoms with E-state index in [1.165, 1.54) is 0 Å². The molecule has 0 bridgehead atoms. The molecule has 0 saturated heterocycles. The highest BCUT2D eigenvalue weighted by Crippen LogP contribution is 2.24. The predicted octanol–water partition coefficient (Wildman–Crippen LogP) is 2.40. The van der Waals surface area contributed by atoms with Crippen LogP contribution >= 0.6 is 0 Å². The molecule has 1 aromatic rings. The van der Waals surface area contributed by atoms with E-state index in [0.29, 0.717) is 13.2 Å². The minimum atomic E-state index is -0.410. The first-order valence-corrected chi connectivity index (χ1v) is 6.27. The molecule has 1 rings (SSSR count). The van der Waals surface area contributed by atoms with Gasteiger partial charge >= 0.3 is 0 Å². The van der Waals surface area contributed by atoms with E-state index in [1.54, 1.807) is 7.11 Å². The summed E-state index contributed by atoms with van der Waals surface area (Å²) in [7, 11) is 1.65. The smallest absolute Gasteiger partial charge is 0.176 e. The largest absolute Gasteiger partial charge is 0.497 e. The summed E-state index contributed by atoms with van der Waals surface area (Å²) in [5, 5.41) is 0. The van der Waals surface area contributed by atoms with Gasteiger partial charge in [0.05, 0.1) is 13.2 Å². The van der Waals surface area contributed by atoms with Gasteiger partial charge in [0.25, 0.3) is 0 Å². The Kier molecular flexibility index (Phi) is 6.12. The number of rotatable bonds is 7. The first-order chi connectivity index (χ1) is 8.63. The second kappa shape index (κ2) is 7.36. The van der Waals surface area contributed by atoms with Crippen molar-refractivity contribution in [3.63, 3.8) is 0 Å². The van der Waals surface area contributed by atoms with Gasteiger partial charge in [0.1, 0.15) is 5.75 Å². The Morgan fingerprint density at radius 2 is 1.78 bits per heavy atom. The summed E-state index contributed by atoms with van der Waals surface area (Å²) in [6, 6.07) is 5.53. The lowest BCUT2D eigenvalue weighted by Crippen LogP contribution is -2.32. The number of benzene rings is 1. The Morgan fingerprint density at radius 3 is 2.22 bits per heavy atom. The summed E-state index contributed by atoms with van der Waals surface area (Å²) in [5.74, 6) is 0.827. The lowest BCUT2D eigenvalue weighted by molar-refractivity contribution is -0.149. The van der Waals surface area contributed by atoms with Gasteiger partial charge in [0.2, 0.25) is 0 Å². The fourth-order valence-corrected chi connectivity index (χ4v) is 1.88. The number of hydrogen-bond donors (Lipinski definition) is 1. The molecular weight excluding hydrogens is 230 g/mol. The third-order valence-electron chi connectivity index (χ3n) is 2.79. The van der Waals surface area contributed by atoms with Gasteiger partial charge in [0.15, 0.2) is 6.29 Å². The van der Waals surface area contributed by atoms with Crippen molar-refractivity contribution in [3.8, 4) is 5.75 Å². The highest BCUT2D eigenvalue weighted by molar-refractivity contribution is 5.36. The van der Waals surface area contributed by atoms with Gasteiger partial charge in [0, 0.05) is 13.2 Å². The van der Waals surface area contributed by atoms with E-state index in [-0.39, 0.29) is 6.04 Å². The van der Waals surface area contributed by atoms with Gasteiger partial charge in [-0.25, -0.2) is 0 Å². The van der Waals surface area contributed by atoms with Crippen LogP contribution in [0.25, 0.3) is 0 Å². The van der Waals surface area contributed by atoms with Crippen LogP contribution in [0.5, 0.6) is 5.75 Å². The van der Waals surface area contributed by atoms with E-state index in [4.69, 9.17) is 19.9 Å². The van der Waals surface area contributed by atoms with Crippen molar-refractivity contribution in [1.82, 2.24) is 0 Å². The summed E-state index contributed by atoms with van der Waals surface area (Å²) in [6.45, 7) is 7.02. The van der Waals surface area contributed by atoms with E-state index in [2.05, 4.69) is 0 Å². The maximum Gasteiger partial charge on any atom is 0.176 e. The van der Waals surface area contributed by atoms with E-state index in [1.807, 2.05) is 39.0 Å². The minimum absolute atomic E-state index is 0.296. The summed E-state index contributed by atoms with van der Waals surface area (Å²) < 4.78 is 16.2. The number of aryl methyl sites for hydroxylation is 1. The first-order valence-electron chi connectivity index (χ1n) is 6.27. The van der Waals surface area contributed by atoms with E-state index >= 15 is 0 Å². The van der Waals surface area contributed by atoms with Crippen LogP contribution in [0.15, 0.2) is 18.2 Å². The molecule has 1 aromatic carbocycles. The molecule has 102 valence electrons. The fraction of sp³-hybridized carbons (Fsp3) is 0.571. The van der Waals surface area contributed by atoms with Crippen LogP contribution in [-0.2, 0) is 9.47 Å². The second-order valence-electron chi connectivity index (χ2n) is 4.03. The Bertz CT molecular complexity index is 362. The average Bonchev–Trinajstić information content (AvgIpc) is 2.37. The fourth-order valence-electron chi connectivity index (χ4n) is 1.88. The van der Waals surface area contributed by atoms with Crippen molar-refractivity contribution in [1.29, 1.82) is 0 Å². The molecule has 0 heterocycles. The van der Waals surface area contributed by atoms with Gasteiger partial charge in [-0.2, -0.15) is 0 Å². The third-order valence-corrected chi connectivity index (χ3v) is 2.79. The average molecular weight is 253 g/mol. The summed E-state index contributed by atoms with van der Waals surface area (Å²) in [4.78, 5) is 0. The van der Waals surface area contributed by atoms with Crippen molar-refractivity contribution < 1.29 is 14.2 Å². The zero-order chi connectivity index (χ0) is 13.5. The van der Waals surface area contributed by atoms with Crippen LogP contribution in [-0.4, -0.2) is 26.6 Å². The molecule has 4 nitrogen and oxygen atoms in total. The standard InChI is InChI=1S/C14H23NO3/c1-5-17-14(18-6-2)13(15)12-8-7-11(16-4)9-10(12)3/h7-9,13-14H,5-6,15H2,1-4H3. The minimum Gasteiger partial charge on any atom is -0.497 e. The van der Waals surface area contributed by atoms with E-state index in [0.717, 1.165) is 16.9 Å². The maximum atomic E-state index is 6.21. The van der Waals surface area contributed by atoms with Gasteiger partial charge in [-0.1, -0.05) is 6.07 Å². The molecule has 0 spiro atoms. The van der Waals surface area contributed by atoms with Crippen LogP contribution < -0.4 is 10.5 Å². The number of nitrogens with two attached hydrogens (primary N) is 1. The topological polar surface area (TPSA) is 53.7 Å². The molecule has 18 heavy (non-hydrogen) atoms. The third kappa shape index (κ3) is 3.70. The highest BCUT2D eigenvalue weighted by atomic mass is 16.7. The lowest BCUT2D eigenvalue weighted by atomic mass is 10.0. The normalized spacial score (nSPS) is 12.8. The molecule has 0 radical (unpaired) electrons. The maximum absolute atomic E-state index is 6.21. The Hall–Kier alpha value is -1.10. The molecule has 0 saturated carbocycles. The molecule has 0 aliphatic rings. The highest BCUT2D eigenvalue weighted by Gasteiger charge is 2.21. The number of ether oxygens (including phenoxy) is 3. The summed E-state index contributed by atoms with van der Waals surface area (Å²) in [6.07, 6.45) is -0.410. The SMILES string of the molecule is CCOC(OCC)C(N)c1ccc(OC)cc1C. The molecule has 0 aromatic heterocycles. The van der Waals surface area contributed by atoms with Gasteiger partial charge in [-0.3, -0.25) is 0 Å². The Labute approximate surface area is 109 Å². The van der Waals surface area contributed by atoms with Crippen molar-refractivity contribution in [3.05, 3.63) is 29.3 Å². The number of methoxy groups -OCH3 is 1. The van der Waals surface area contributed by atoms with Crippen molar-refractivity contribution in [2.45, 2.75) is 33.1 Å². The first kappa shape index (κ1) is 15.0. The van der Waals surface area contributed by atoms with Gasteiger partial charge in [-0.05, 0) is 44.0 Å². The Balaban J connectivity index is 2.89. The van der Waals surface area contributed by atoms with E-state index < -0.39 is 6.29 Å².